The van der Waals surface area contributed by atoms with Crippen molar-refractivity contribution in [3.8, 4) is 11.4 Å². The molecule has 2 aromatic rings. The summed E-state index contributed by atoms with van der Waals surface area (Å²) in [5.41, 5.74) is 0.00316. The highest BCUT2D eigenvalue weighted by molar-refractivity contribution is 14.1. The molecule has 0 fully saturated rings. The highest BCUT2D eigenvalue weighted by atomic mass is 127. The number of carboxylic acids is 1. The fourth-order valence-electron chi connectivity index (χ4n) is 1.39. The van der Waals surface area contributed by atoms with Crippen LogP contribution in [0, 0.1) is 8.30 Å². The highest BCUT2D eigenvalue weighted by Gasteiger charge is 2.29. The number of carboxylic acid groups (broad SMARTS) is 1. The Morgan fingerprint density at radius 1 is 1.61 bits per heavy atom. The second kappa shape index (κ2) is 4.92. The molecule has 18 heavy (non-hydrogen) atoms. The minimum Gasteiger partial charge on any atom is -0.481 e. The van der Waals surface area contributed by atoms with Gasteiger partial charge < -0.3 is 5.11 Å². The van der Waals surface area contributed by atoms with Gasteiger partial charge >= 0.3 is 5.97 Å². The third-order valence-corrected chi connectivity index (χ3v) is 4.27. The average Bonchev–Trinajstić information content (AvgIpc) is 2.86. The summed E-state index contributed by atoms with van der Waals surface area (Å²) in [7, 11) is 0. The van der Waals surface area contributed by atoms with Gasteiger partial charge in [0, 0.05) is 10.9 Å². The zero-order valence-electron chi connectivity index (χ0n) is 9.79. The van der Waals surface area contributed by atoms with E-state index in [1.165, 1.54) is 4.68 Å². The SMILES string of the molecule is CC(C)(Cn1nnnc1-c1csc(I)c1)C(=O)O. The van der Waals surface area contributed by atoms with E-state index in [9.17, 15) is 4.79 Å². The molecular weight excluding hydrogens is 367 g/mol. The molecule has 0 atom stereocenters. The lowest BCUT2D eigenvalue weighted by atomic mass is 9.94. The first-order valence-corrected chi connectivity index (χ1v) is 7.10. The van der Waals surface area contributed by atoms with Crippen LogP contribution in [0.5, 0.6) is 0 Å². The van der Waals surface area contributed by atoms with Gasteiger partial charge in [0.1, 0.15) is 0 Å². The molecule has 6 nitrogen and oxygen atoms in total. The number of rotatable bonds is 4. The average molecular weight is 378 g/mol. The van der Waals surface area contributed by atoms with E-state index in [1.807, 2.05) is 11.4 Å². The fourth-order valence-corrected chi connectivity index (χ4v) is 2.71. The minimum atomic E-state index is -0.909. The van der Waals surface area contributed by atoms with E-state index in [1.54, 1.807) is 25.2 Å². The number of hydrogen-bond donors (Lipinski definition) is 1. The van der Waals surface area contributed by atoms with Crippen LogP contribution in [0.1, 0.15) is 13.8 Å². The minimum absolute atomic E-state index is 0.233. The zero-order chi connectivity index (χ0) is 13.3. The van der Waals surface area contributed by atoms with Gasteiger partial charge in [0.2, 0.25) is 0 Å². The Bertz CT molecular complexity index is 578. The first-order valence-electron chi connectivity index (χ1n) is 5.14. The monoisotopic (exact) mass is 378 g/mol. The van der Waals surface area contributed by atoms with Crippen molar-refractivity contribution in [1.82, 2.24) is 20.2 Å². The number of carbonyl (C=O) groups is 1. The van der Waals surface area contributed by atoms with Crippen LogP contribution in [0.25, 0.3) is 11.4 Å². The highest BCUT2D eigenvalue weighted by Crippen LogP contribution is 2.26. The molecule has 0 spiro atoms. The Hall–Kier alpha value is -1.03. The lowest BCUT2D eigenvalue weighted by Gasteiger charge is -2.18. The van der Waals surface area contributed by atoms with Crippen molar-refractivity contribution in [2.45, 2.75) is 20.4 Å². The van der Waals surface area contributed by atoms with E-state index < -0.39 is 11.4 Å². The lowest BCUT2D eigenvalue weighted by molar-refractivity contribution is -0.147. The number of nitrogens with zero attached hydrogens (tertiary/aromatic N) is 4. The molecule has 0 radical (unpaired) electrons. The number of halogens is 1. The largest absolute Gasteiger partial charge is 0.481 e. The van der Waals surface area contributed by atoms with E-state index in [0.717, 1.165) is 8.45 Å². The smallest absolute Gasteiger partial charge is 0.310 e. The van der Waals surface area contributed by atoms with Crippen LogP contribution in [0.4, 0.5) is 0 Å². The van der Waals surface area contributed by atoms with Gasteiger partial charge in [0.25, 0.3) is 0 Å². The Balaban J connectivity index is 2.32. The molecule has 2 aromatic heterocycles. The van der Waals surface area contributed by atoms with Gasteiger partial charge in [0.05, 0.1) is 14.8 Å². The second-order valence-electron chi connectivity index (χ2n) is 4.49. The van der Waals surface area contributed by atoms with Gasteiger partial charge in [0.15, 0.2) is 5.82 Å². The summed E-state index contributed by atoms with van der Waals surface area (Å²) in [6.45, 7) is 3.54. The van der Waals surface area contributed by atoms with Crippen LogP contribution in [-0.4, -0.2) is 31.3 Å². The molecule has 1 N–H and O–H groups in total. The van der Waals surface area contributed by atoms with Gasteiger partial charge in [-0.1, -0.05) is 0 Å². The van der Waals surface area contributed by atoms with Crippen LogP contribution in [0.2, 0.25) is 0 Å². The van der Waals surface area contributed by atoms with E-state index in [2.05, 4.69) is 38.1 Å². The quantitative estimate of drug-likeness (QED) is 0.825. The first kappa shape index (κ1) is 13.4. The van der Waals surface area contributed by atoms with Crippen LogP contribution in [0.3, 0.4) is 0 Å². The van der Waals surface area contributed by atoms with Crippen LogP contribution < -0.4 is 0 Å². The predicted octanol–water partition coefficient (Wildman–Crippen LogP) is 2.12. The summed E-state index contributed by atoms with van der Waals surface area (Å²) in [5.74, 6) is -0.271. The summed E-state index contributed by atoms with van der Waals surface area (Å²) in [5, 5.41) is 22.5. The molecular formula is C10H11IN4O2S. The molecule has 0 aromatic carbocycles. The maximum absolute atomic E-state index is 11.1. The fraction of sp³-hybridized carbons (Fsp3) is 0.400. The standard InChI is InChI=1S/C10H11IN4O2S/c1-10(2,9(16)17)5-15-8(12-13-14-15)6-3-7(11)18-4-6/h3-4H,5H2,1-2H3,(H,16,17). The third-order valence-electron chi connectivity index (χ3n) is 2.48. The van der Waals surface area contributed by atoms with Crippen LogP contribution in [-0.2, 0) is 11.3 Å². The first-order chi connectivity index (χ1) is 8.40. The Kier molecular flexibility index (Phi) is 3.66. The number of hydrogen-bond acceptors (Lipinski definition) is 5. The normalized spacial score (nSPS) is 11.7. The van der Waals surface area contributed by atoms with Gasteiger partial charge in [-0.2, -0.15) is 0 Å². The van der Waals surface area contributed by atoms with E-state index in [-0.39, 0.29) is 6.54 Å². The van der Waals surface area contributed by atoms with Gasteiger partial charge in [-0.05, 0) is 52.9 Å². The Morgan fingerprint density at radius 3 is 2.89 bits per heavy atom. The van der Waals surface area contributed by atoms with E-state index >= 15 is 0 Å². The van der Waals surface area contributed by atoms with E-state index in [4.69, 9.17) is 5.11 Å². The molecule has 96 valence electrons. The number of aliphatic carboxylic acids is 1. The Labute approximate surface area is 121 Å². The second-order valence-corrected chi connectivity index (χ2v) is 7.29. The molecule has 0 saturated heterocycles. The molecule has 0 unspecified atom stereocenters. The molecule has 8 heteroatoms. The molecule has 0 bridgehead atoms. The Morgan fingerprint density at radius 2 is 2.33 bits per heavy atom. The maximum Gasteiger partial charge on any atom is 0.310 e. The number of tetrazole rings is 1. The predicted molar refractivity (Wildman–Crippen MR) is 75.3 cm³/mol. The van der Waals surface area contributed by atoms with Crippen molar-refractivity contribution in [3.05, 3.63) is 14.3 Å². The molecule has 0 aliphatic heterocycles. The zero-order valence-corrected chi connectivity index (χ0v) is 12.8. The summed E-state index contributed by atoms with van der Waals surface area (Å²) in [4.78, 5) is 11.1. The molecule has 0 saturated carbocycles. The van der Waals surface area contributed by atoms with Crippen LogP contribution >= 0.6 is 33.9 Å². The summed E-state index contributed by atoms with van der Waals surface area (Å²) in [6.07, 6.45) is 0. The van der Waals surface area contributed by atoms with Crippen molar-refractivity contribution in [1.29, 1.82) is 0 Å². The molecule has 0 aliphatic rings. The number of aromatic nitrogens is 4. The summed E-state index contributed by atoms with van der Waals surface area (Å²) >= 11 is 3.82. The third kappa shape index (κ3) is 2.69. The molecule has 2 rings (SSSR count). The van der Waals surface area contributed by atoms with Gasteiger partial charge in [-0.15, -0.1) is 16.4 Å². The molecule has 0 amide bonds. The lowest BCUT2D eigenvalue weighted by Crippen LogP contribution is -2.30. The molecule has 0 aliphatic carbocycles. The topological polar surface area (TPSA) is 80.9 Å². The van der Waals surface area contributed by atoms with Crippen molar-refractivity contribution < 1.29 is 9.90 Å². The van der Waals surface area contributed by atoms with Crippen molar-refractivity contribution in [2.75, 3.05) is 0 Å². The number of thiophene rings is 1. The summed E-state index contributed by atoms with van der Waals surface area (Å²) in [6, 6.07) is 1.97. The van der Waals surface area contributed by atoms with Crippen molar-refractivity contribution in [3.63, 3.8) is 0 Å². The molecule has 2 heterocycles. The van der Waals surface area contributed by atoms with Gasteiger partial charge in [-0.25, -0.2) is 4.68 Å². The van der Waals surface area contributed by atoms with Crippen molar-refractivity contribution >= 4 is 39.9 Å². The van der Waals surface area contributed by atoms with Gasteiger partial charge in [-0.3, -0.25) is 4.79 Å². The maximum atomic E-state index is 11.1. The van der Waals surface area contributed by atoms with E-state index in [0.29, 0.717) is 5.82 Å². The summed E-state index contributed by atoms with van der Waals surface area (Å²) < 4.78 is 2.67. The van der Waals surface area contributed by atoms with Crippen molar-refractivity contribution in [2.24, 2.45) is 5.41 Å². The van der Waals surface area contributed by atoms with Crippen LogP contribution in [0.15, 0.2) is 11.4 Å².